The zero-order valence-corrected chi connectivity index (χ0v) is 12.5. The highest BCUT2D eigenvalue weighted by Crippen LogP contribution is 2.34. The SMILES string of the molecule is CCCC(=O)NC1CCCC(c2cccc(OC)c2)C1. The summed E-state index contributed by atoms with van der Waals surface area (Å²) in [7, 11) is 1.70. The first-order valence-electron chi connectivity index (χ1n) is 7.66. The molecule has 0 aromatic heterocycles. The quantitative estimate of drug-likeness (QED) is 0.891. The molecule has 3 heteroatoms. The van der Waals surface area contributed by atoms with Gasteiger partial charge in [-0.25, -0.2) is 0 Å². The van der Waals surface area contributed by atoms with Crippen LogP contribution in [0.5, 0.6) is 5.75 Å². The van der Waals surface area contributed by atoms with Gasteiger partial charge in [-0.15, -0.1) is 0 Å². The molecule has 1 amide bonds. The maximum absolute atomic E-state index is 11.7. The van der Waals surface area contributed by atoms with Gasteiger partial charge in [0.05, 0.1) is 7.11 Å². The molecule has 20 heavy (non-hydrogen) atoms. The monoisotopic (exact) mass is 275 g/mol. The molecule has 1 saturated carbocycles. The summed E-state index contributed by atoms with van der Waals surface area (Å²) < 4.78 is 5.30. The van der Waals surface area contributed by atoms with Crippen molar-refractivity contribution < 1.29 is 9.53 Å². The maximum Gasteiger partial charge on any atom is 0.220 e. The molecule has 1 aromatic rings. The Morgan fingerprint density at radius 3 is 3.00 bits per heavy atom. The predicted octanol–water partition coefficient (Wildman–Crippen LogP) is 3.64. The van der Waals surface area contributed by atoms with E-state index in [0.29, 0.717) is 18.4 Å². The minimum Gasteiger partial charge on any atom is -0.497 e. The molecule has 3 nitrogen and oxygen atoms in total. The molecule has 2 rings (SSSR count). The highest BCUT2D eigenvalue weighted by molar-refractivity contribution is 5.76. The molecule has 0 bridgehead atoms. The topological polar surface area (TPSA) is 38.3 Å². The molecule has 0 aliphatic heterocycles. The fourth-order valence-corrected chi connectivity index (χ4v) is 3.05. The number of rotatable bonds is 5. The van der Waals surface area contributed by atoms with Crippen LogP contribution in [0.4, 0.5) is 0 Å². The van der Waals surface area contributed by atoms with E-state index in [2.05, 4.69) is 17.4 Å². The highest BCUT2D eigenvalue weighted by atomic mass is 16.5. The van der Waals surface area contributed by atoms with E-state index < -0.39 is 0 Å². The van der Waals surface area contributed by atoms with Crippen molar-refractivity contribution in [3.05, 3.63) is 29.8 Å². The average molecular weight is 275 g/mol. The number of methoxy groups -OCH3 is 1. The number of carbonyl (C=O) groups is 1. The lowest BCUT2D eigenvalue weighted by Crippen LogP contribution is -2.37. The van der Waals surface area contributed by atoms with Crippen LogP contribution >= 0.6 is 0 Å². The number of carbonyl (C=O) groups excluding carboxylic acids is 1. The molecule has 1 fully saturated rings. The van der Waals surface area contributed by atoms with Crippen LogP contribution in [0.15, 0.2) is 24.3 Å². The molecule has 1 N–H and O–H groups in total. The number of amides is 1. The first-order chi connectivity index (χ1) is 9.72. The Balaban J connectivity index is 1.97. The number of benzene rings is 1. The molecule has 0 radical (unpaired) electrons. The lowest BCUT2D eigenvalue weighted by molar-refractivity contribution is -0.122. The van der Waals surface area contributed by atoms with Crippen LogP contribution in [-0.2, 0) is 4.79 Å². The van der Waals surface area contributed by atoms with Crippen LogP contribution in [-0.4, -0.2) is 19.1 Å². The summed E-state index contributed by atoms with van der Waals surface area (Å²) in [5.41, 5.74) is 1.33. The summed E-state index contributed by atoms with van der Waals surface area (Å²) in [5.74, 6) is 1.65. The summed E-state index contributed by atoms with van der Waals surface area (Å²) in [6, 6.07) is 8.66. The van der Waals surface area contributed by atoms with Gasteiger partial charge in [0.2, 0.25) is 5.91 Å². The van der Waals surface area contributed by atoms with E-state index in [-0.39, 0.29) is 5.91 Å². The van der Waals surface area contributed by atoms with Crippen molar-refractivity contribution in [1.82, 2.24) is 5.32 Å². The normalized spacial score (nSPS) is 22.3. The van der Waals surface area contributed by atoms with Crippen molar-refractivity contribution in [3.8, 4) is 5.75 Å². The van der Waals surface area contributed by atoms with Gasteiger partial charge in [0.15, 0.2) is 0 Å². The van der Waals surface area contributed by atoms with Gasteiger partial charge in [-0.3, -0.25) is 4.79 Å². The van der Waals surface area contributed by atoms with Crippen molar-refractivity contribution in [2.45, 2.75) is 57.4 Å². The third-order valence-corrected chi connectivity index (χ3v) is 4.08. The summed E-state index contributed by atoms with van der Waals surface area (Å²) in [6.45, 7) is 2.04. The molecule has 0 heterocycles. The van der Waals surface area contributed by atoms with Crippen molar-refractivity contribution in [1.29, 1.82) is 0 Å². The lowest BCUT2D eigenvalue weighted by Gasteiger charge is -2.30. The number of nitrogens with one attached hydrogen (secondary N) is 1. The Bertz CT molecular complexity index is 444. The molecule has 0 spiro atoms. The first-order valence-corrected chi connectivity index (χ1v) is 7.66. The maximum atomic E-state index is 11.7. The number of hydrogen-bond acceptors (Lipinski definition) is 2. The zero-order chi connectivity index (χ0) is 14.4. The van der Waals surface area contributed by atoms with Gasteiger partial charge in [-0.2, -0.15) is 0 Å². The van der Waals surface area contributed by atoms with Gasteiger partial charge in [-0.1, -0.05) is 25.5 Å². The summed E-state index contributed by atoms with van der Waals surface area (Å²) >= 11 is 0. The second-order valence-corrected chi connectivity index (χ2v) is 5.65. The summed E-state index contributed by atoms with van der Waals surface area (Å²) in [6.07, 6.45) is 6.09. The van der Waals surface area contributed by atoms with Crippen molar-refractivity contribution >= 4 is 5.91 Å². The molecule has 2 unspecified atom stereocenters. The van der Waals surface area contributed by atoms with Crippen LogP contribution in [0.25, 0.3) is 0 Å². The smallest absolute Gasteiger partial charge is 0.220 e. The molecule has 0 saturated heterocycles. The lowest BCUT2D eigenvalue weighted by atomic mass is 9.81. The van der Waals surface area contributed by atoms with E-state index in [9.17, 15) is 4.79 Å². The third kappa shape index (κ3) is 3.99. The van der Waals surface area contributed by atoms with Gasteiger partial charge < -0.3 is 10.1 Å². The summed E-state index contributed by atoms with van der Waals surface area (Å²) in [4.78, 5) is 11.7. The number of hydrogen-bond donors (Lipinski definition) is 1. The molecular weight excluding hydrogens is 250 g/mol. The van der Waals surface area contributed by atoms with Gasteiger partial charge in [-0.05, 0) is 49.3 Å². The van der Waals surface area contributed by atoms with E-state index in [4.69, 9.17) is 4.74 Å². The van der Waals surface area contributed by atoms with E-state index in [1.165, 1.54) is 18.4 Å². The standard InChI is InChI=1S/C17H25NO2/c1-3-6-17(19)18-15-9-4-7-13(11-15)14-8-5-10-16(12-14)20-2/h5,8,10,12-13,15H,3-4,6-7,9,11H2,1-2H3,(H,18,19). The van der Waals surface area contributed by atoms with Crippen molar-refractivity contribution in [2.75, 3.05) is 7.11 Å². The van der Waals surface area contributed by atoms with Crippen LogP contribution in [0.1, 0.15) is 56.9 Å². The van der Waals surface area contributed by atoms with Gasteiger partial charge in [0.25, 0.3) is 0 Å². The fourth-order valence-electron chi connectivity index (χ4n) is 3.05. The van der Waals surface area contributed by atoms with E-state index in [1.54, 1.807) is 7.11 Å². The van der Waals surface area contributed by atoms with Crippen molar-refractivity contribution in [3.63, 3.8) is 0 Å². The Hall–Kier alpha value is -1.51. The largest absolute Gasteiger partial charge is 0.497 e. The zero-order valence-electron chi connectivity index (χ0n) is 12.5. The second-order valence-electron chi connectivity index (χ2n) is 5.65. The van der Waals surface area contributed by atoms with E-state index >= 15 is 0 Å². The molecule has 1 aromatic carbocycles. The summed E-state index contributed by atoms with van der Waals surface area (Å²) in [5, 5.41) is 3.18. The minimum atomic E-state index is 0.198. The molecular formula is C17H25NO2. The third-order valence-electron chi connectivity index (χ3n) is 4.08. The molecule has 110 valence electrons. The van der Waals surface area contributed by atoms with Crippen LogP contribution in [0.3, 0.4) is 0 Å². The Kier molecular flexibility index (Phi) is 5.45. The van der Waals surface area contributed by atoms with E-state index in [1.807, 2.05) is 19.1 Å². The molecule has 1 aliphatic carbocycles. The van der Waals surface area contributed by atoms with Gasteiger partial charge in [0.1, 0.15) is 5.75 Å². The first kappa shape index (κ1) is 14.9. The Morgan fingerprint density at radius 1 is 1.40 bits per heavy atom. The van der Waals surface area contributed by atoms with E-state index in [0.717, 1.165) is 25.0 Å². The van der Waals surface area contributed by atoms with Crippen molar-refractivity contribution in [2.24, 2.45) is 0 Å². The van der Waals surface area contributed by atoms with Crippen LogP contribution < -0.4 is 10.1 Å². The fraction of sp³-hybridized carbons (Fsp3) is 0.588. The highest BCUT2D eigenvalue weighted by Gasteiger charge is 2.24. The number of ether oxygens (including phenoxy) is 1. The molecule has 2 atom stereocenters. The Labute approximate surface area is 121 Å². The van der Waals surface area contributed by atoms with Crippen LogP contribution in [0, 0.1) is 0 Å². The average Bonchev–Trinajstić information content (AvgIpc) is 2.48. The minimum absolute atomic E-state index is 0.198. The van der Waals surface area contributed by atoms with Gasteiger partial charge in [0, 0.05) is 12.5 Å². The second kappa shape index (κ2) is 7.32. The predicted molar refractivity (Wildman–Crippen MR) is 81.0 cm³/mol. The van der Waals surface area contributed by atoms with Gasteiger partial charge >= 0.3 is 0 Å². The Morgan fingerprint density at radius 2 is 2.25 bits per heavy atom. The molecule has 1 aliphatic rings. The van der Waals surface area contributed by atoms with Crippen LogP contribution in [0.2, 0.25) is 0 Å².